The summed E-state index contributed by atoms with van der Waals surface area (Å²) in [7, 11) is 0. The number of carbonyl (C=O) groups is 1. The number of rotatable bonds is 3. The molecule has 1 aliphatic carbocycles. The van der Waals surface area contributed by atoms with Gasteiger partial charge < -0.3 is 10.2 Å². The third kappa shape index (κ3) is 2.14. The molecule has 2 atom stereocenters. The second-order valence-electron chi connectivity index (χ2n) is 7.32. The Bertz CT molecular complexity index is 787. The number of carbonyl (C=O) groups excluding carboxylic acids is 1. The SMILES string of the molecule is O=C(C1CC1)C12CNC(CN(c3cnc4cccnc4c3)C1)C2. The largest absolute Gasteiger partial charge is 0.368 e. The number of aromatic nitrogens is 2. The lowest BCUT2D eigenvalue weighted by molar-refractivity contribution is -0.129. The molecule has 0 amide bonds. The fourth-order valence-corrected chi connectivity index (χ4v) is 4.26. The summed E-state index contributed by atoms with van der Waals surface area (Å²) in [5, 5.41) is 3.56. The van der Waals surface area contributed by atoms with Crippen LogP contribution < -0.4 is 10.2 Å². The second-order valence-corrected chi connectivity index (χ2v) is 7.32. The van der Waals surface area contributed by atoms with Crippen LogP contribution in [-0.4, -0.2) is 41.4 Å². The molecule has 2 aromatic heterocycles. The molecule has 0 spiro atoms. The number of fused-ring (bicyclic) bond motifs is 3. The molecule has 5 nitrogen and oxygen atoms in total. The Kier molecular flexibility index (Phi) is 2.77. The van der Waals surface area contributed by atoms with Crippen molar-refractivity contribution in [2.24, 2.45) is 11.3 Å². The van der Waals surface area contributed by atoms with E-state index in [-0.39, 0.29) is 5.41 Å². The second kappa shape index (κ2) is 4.74. The Morgan fingerprint density at radius 3 is 3.09 bits per heavy atom. The van der Waals surface area contributed by atoms with Crippen molar-refractivity contribution in [3.63, 3.8) is 0 Å². The van der Waals surface area contributed by atoms with Crippen LogP contribution in [0.25, 0.3) is 11.0 Å². The Balaban J connectivity index is 1.49. The Morgan fingerprint density at radius 2 is 2.22 bits per heavy atom. The molecule has 2 unspecified atom stereocenters. The molecule has 23 heavy (non-hydrogen) atoms. The van der Waals surface area contributed by atoms with Crippen LogP contribution in [0.15, 0.2) is 30.6 Å². The summed E-state index contributed by atoms with van der Waals surface area (Å²) in [6, 6.07) is 6.39. The van der Waals surface area contributed by atoms with Crippen molar-refractivity contribution in [1.82, 2.24) is 15.3 Å². The first-order valence-electron chi connectivity index (χ1n) is 8.47. The van der Waals surface area contributed by atoms with Gasteiger partial charge in [0.15, 0.2) is 0 Å². The van der Waals surface area contributed by atoms with Gasteiger partial charge in [-0.25, -0.2) is 0 Å². The van der Waals surface area contributed by atoms with Crippen molar-refractivity contribution in [2.75, 3.05) is 24.5 Å². The van der Waals surface area contributed by atoms with Crippen LogP contribution in [0.4, 0.5) is 5.69 Å². The number of piperidine rings is 1. The number of Topliss-reactive ketones (excluding diaryl/α,β-unsaturated/α-hetero) is 1. The number of ketones is 1. The highest BCUT2D eigenvalue weighted by Crippen LogP contribution is 2.44. The molecule has 0 radical (unpaired) electrons. The van der Waals surface area contributed by atoms with E-state index in [1.165, 1.54) is 0 Å². The first-order valence-corrected chi connectivity index (χ1v) is 8.47. The molecule has 1 N–H and O–H groups in total. The minimum atomic E-state index is -0.191. The summed E-state index contributed by atoms with van der Waals surface area (Å²) in [5.74, 6) is 0.816. The number of hydrogen-bond acceptors (Lipinski definition) is 5. The number of nitrogens with one attached hydrogen (secondary N) is 1. The lowest BCUT2D eigenvalue weighted by Gasteiger charge is -2.39. The quantitative estimate of drug-likeness (QED) is 0.936. The predicted octanol–water partition coefficient (Wildman–Crippen LogP) is 1.78. The summed E-state index contributed by atoms with van der Waals surface area (Å²) in [6.07, 6.45) is 6.90. The van der Waals surface area contributed by atoms with Gasteiger partial charge in [0, 0.05) is 37.8 Å². The molecule has 2 aliphatic heterocycles. The average Bonchev–Trinajstić information content (AvgIpc) is 3.39. The molecule has 1 saturated carbocycles. The smallest absolute Gasteiger partial charge is 0.145 e. The molecule has 4 heterocycles. The highest BCUT2D eigenvalue weighted by atomic mass is 16.1. The number of anilines is 1. The molecule has 0 aromatic carbocycles. The van der Waals surface area contributed by atoms with Crippen LogP contribution in [0.1, 0.15) is 19.3 Å². The summed E-state index contributed by atoms with van der Waals surface area (Å²) >= 11 is 0. The van der Waals surface area contributed by atoms with Crippen molar-refractivity contribution < 1.29 is 4.79 Å². The Morgan fingerprint density at radius 1 is 1.30 bits per heavy atom. The maximum atomic E-state index is 12.8. The number of nitrogens with zero attached hydrogens (tertiary/aromatic N) is 3. The van der Waals surface area contributed by atoms with Crippen molar-refractivity contribution in [3.05, 3.63) is 30.6 Å². The monoisotopic (exact) mass is 308 g/mol. The maximum Gasteiger partial charge on any atom is 0.145 e. The van der Waals surface area contributed by atoms with Crippen molar-refractivity contribution in [2.45, 2.75) is 25.3 Å². The lowest BCUT2D eigenvalue weighted by Crippen LogP contribution is -2.50. The van der Waals surface area contributed by atoms with Gasteiger partial charge in [0.25, 0.3) is 0 Å². The highest BCUT2D eigenvalue weighted by molar-refractivity contribution is 5.90. The molecule has 3 aliphatic rings. The van der Waals surface area contributed by atoms with E-state index < -0.39 is 0 Å². The molecule has 2 saturated heterocycles. The van der Waals surface area contributed by atoms with Crippen LogP contribution in [0.5, 0.6) is 0 Å². The molecule has 2 aromatic rings. The number of hydrogen-bond donors (Lipinski definition) is 1. The molecule has 5 heteroatoms. The van der Waals surface area contributed by atoms with E-state index in [1.807, 2.05) is 18.3 Å². The van der Waals surface area contributed by atoms with Gasteiger partial charge in [-0.05, 0) is 37.5 Å². The van der Waals surface area contributed by atoms with Crippen LogP contribution in [0.2, 0.25) is 0 Å². The van der Waals surface area contributed by atoms with Crippen LogP contribution in [0.3, 0.4) is 0 Å². The van der Waals surface area contributed by atoms with Crippen molar-refractivity contribution in [1.29, 1.82) is 0 Å². The third-order valence-electron chi connectivity index (χ3n) is 5.57. The zero-order valence-corrected chi connectivity index (χ0v) is 13.0. The Hall–Kier alpha value is -2.01. The van der Waals surface area contributed by atoms with Crippen LogP contribution in [-0.2, 0) is 4.79 Å². The van der Waals surface area contributed by atoms with E-state index in [0.717, 1.165) is 55.6 Å². The average molecular weight is 308 g/mol. The summed E-state index contributed by atoms with van der Waals surface area (Å²) in [5.41, 5.74) is 2.72. The molecule has 5 rings (SSSR count). The molecule has 118 valence electrons. The molecule has 3 fully saturated rings. The molecular weight excluding hydrogens is 288 g/mol. The molecular formula is C18H20N4O. The molecule has 2 bridgehead atoms. The van der Waals surface area contributed by atoms with Crippen molar-refractivity contribution >= 4 is 22.5 Å². The van der Waals surface area contributed by atoms with Gasteiger partial charge in [-0.3, -0.25) is 14.8 Å². The zero-order chi connectivity index (χ0) is 15.4. The fourth-order valence-electron chi connectivity index (χ4n) is 4.26. The van der Waals surface area contributed by atoms with Gasteiger partial charge in [0.1, 0.15) is 5.78 Å². The van der Waals surface area contributed by atoms with Gasteiger partial charge >= 0.3 is 0 Å². The first-order chi connectivity index (χ1) is 11.2. The van der Waals surface area contributed by atoms with Gasteiger partial charge in [0.05, 0.1) is 28.3 Å². The topological polar surface area (TPSA) is 58.1 Å². The minimum Gasteiger partial charge on any atom is -0.368 e. The van der Waals surface area contributed by atoms with Gasteiger partial charge in [-0.1, -0.05) is 0 Å². The highest BCUT2D eigenvalue weighted by Gasteiger charge is 2.53. The standard InChI is InChI=1S/C18H20N4O/c23-17(12-3-4-12)18-7-13(21-10-18)9-22(11-18)14-6-16-15(20-8-14)2-1-5-19-16/h1-2,5-6,8,12-13,21H,3-4,7,9-11H2. The summed E-state index contributed by atoms with van der Waals surface area (Å²) in [4.78, 5) is 24.1. The van der Waals surface area contributed by atoms with Crippen LogP contribution in [0, 0.1) is 11.3 Å². The third-order valence-corrected chi connectivity index (χ3v) is 5.57. The predicted molar refractivity (Wildman–Crippen MR) is 88.3 cm³/mol. The van der Waals surface area contributed by atoms with E-state index in [2.05, 4.69) is 26.3 Å². The van der Waals surface area contributed by atoms with E-state index in [0.29, 0.717) is 17.7 Å². The van der Waals surface area contributed by atoms with Gasteiger partial charge in [-0.2, -0.15) is 0 Å². The fraction of sp³-hybridized carbons (Fsp3) is 0.500. The summed E-state index contributed by atoms with van der Waals surface area (Å²) in [6.45, 7) is 2.59. The van der Waals surface area contributed by atoms with Gasteiger partial charge in [-0.15, -0.1) is 0 Å². The number of pyridine rings is 2. The maximum absolute atomic E-state index is 12.8. The van der Waals surface area contributed by atoms with E-state index >= 15 is 0 Å². The van der Waals surface area contributed by atoms with E-state index in [1.54, 1.807) is 6.20 Å². The normalized spacial score (nSPS) is 29.9. The van der Waals surface area contributed by atoms with Crippen LogP contribution >= 0.6 is 0 Å². The summed E-state index contributed by atoms with van der Waals surface area (Å²) < 4.78 is 0. The first kappa shape index (κ1) is 13.4. The lowest BCUT2D eigenvalue weighted by atomic mass is 9.76. The van der Waals surface area contributed by atoms with E-state index in [9.17, 15) is 4.79 Å². The zero-order valence-electron chi connectivity index (χ0n) is 13.0. The van der Waals surface area contributed by atoms with Gasteiger partial charge in [0.2, 0.25) is 0 Å². The minimum absolute atomic E-state index is 0.191. The van der Waals surface area contributed by atoms with E-state index in [4.69, 9.17) is 0 Å². The Labute approximate surface area is 135 Å². The van der Waals surface area contributed by atoms with Crippen molar-refractivity contribution in [3.8, 4) is 0 Å².